The van der Waals surface area contributed by atoms with Crippen LogP contribution in [0.2, 0.25) is 0 Å². The standard InChI is InChI=1S/C18H22FNO/c19-17-10-8-16(9-11-17)12-14-20-13-4-5-15-21-18-6-2-1-3-7-18/h1-3,6-11,20H,4-5,12-15H2. The van der Waals surface area contributed by atoms with E-state index in [1.54, 1.807) is 0 Å². The molecule has 2 aromatic rings. The molecule has 2 nitrogen and oxygen atoms in total. The van der Waals surface area contributed by atoms with Gasteiger partial charge in [0, 0.05) is 0 Å². The molecule has 2 aromatic carbocycles. The van der Waals surface area contributed by atoms with Crippen molar-refractivity contribution < 1.29 is 9.13 Å². The highest BCUT2D eigenvalue weighted by atomic mass is 19.1. The van der Waals surface area contributed by atoms with Gasteiger partial charge in [-0.05, 0) is 62.2 Å². The zero-order chi connectivity index (χ0) is 14.8. The van der Waals surface area contributed by atoms with E-state index in [0.29, 0.717) is 0 Å². The first-order chi connectivity index (χ1) is 10.3. The van der Waals surface area contributed by atoms with Gasteiger partial charge >= 0.3 is 0 Å². The van der Waals surface area contributed by atoms with Gasteiger partial charge in [-0.1, -0.05) is 30.3 Å². The van der Waals surface area contributed by atoms with Crippen LogP contribution in [-0.4, -0.2) is 19.7 Å². The minimum atomic E-state index is -0.176. The van der Waals surface area contributed by atoms with Crippen LogP contribution in [0.25, 0.3) is 0 Å². The molecule has 21 heavy (non-hydrogen) atoms. The Morgan fingerprint density at radius 3 is 2.38 bits per heavy atom. The Morgan fingerprint density at radius 2 is 1.62 bits per heavy atom. The van der Waals surface area contributed by atoms with Crippen molar-refractivity contribution >= 4 is 0 Å². The second kappa shape index (κ2) is 9.14. The van der Waals surface area contributed by atoms with Crippen LogP contribution < -0.4 is 10.1 Å². The summed E-state index contributed by atoms with van der Waals surface area (Å²) in [6.07, 6.45) is 3.06. The van der Waals surface area contributed by atoms with E-state index in [9.17, 15) is 4.39 Å². The molecule has 0 spiro atoms. The second-order valence-electron chi connectivity index (χ2n) is 5.00. The summed E-state index contributed by atoms with van der Waals surface area (Å²) in [6.45, 7) is 2.66. The summed E-state index contributed by atoms with van der Waals surface area (Å²) in [5, 5.41) is 3.40. The predicted molar refractivity (Wildman–Crippen MR) is 84.1 cm³/mol. The van der Waals surface area contributed by atoms with Gasteiger partial charge in [-0.15, -0.1) is 0 Å². The lowest BCUT2D eigenvalue weighted by Crippen LogP contribution is -2.19. The largest absolute Gasteiger partial charge is 0.494 e. The van der Waals surface area contributed by atoms with Crippen molar-refractivity contribution in [2.75, 3.05) is 19.7 Å². The van der Waals surface area contributed by atoms with Gasteiger partial charge in [-0.2, -0.15) is 0 Å². The lowest BCUT2D eigenvalue weighted by molar-refractivity contribution is 0.306. The van der Waals surface area contributed by atoms with Crippen molar-refractivity contribution in [3.05, 3.63) is 66.0 Å². The molecule has 0 heterocycles. The number of para-hydroxylation sites is 1. The quantitative estimate of drug-likeness (QED) is 0.708. The fraction of sp³-hybridized carbons (Fsp3) is 0.333. The molecule has 0 unspecified atom stereocenters. The van der Waals surface area contributed by atoms with E-state index in [2.05, 4.69) is 5.32 Å². The van der Waals surface area contributed by atoms with E-state index in [1.807, 2.05) is 42.5 Å². The number of halogens is 1. The number of hydrogen-bond acceptors (Lipinski definition) is 2. The summed E-state index contributed by atoms with van der Waals surface area (Å²) >= 11 is 0. The van der Waals surface area contributed by atoms with E-state index >= 15 is 0 Å². The maximum Gasteiger partial charge on any atom is 0.123 e. The Hall–Kier alpha value is -1.87. The van der Waals surface area contributed by atoms with Crippen LogP contribution in [0, 0.1) is 5.82 Å². The monoisotopic (exact) mass is 287 g/mol. The second-order valence-corrected chi connectivity index (χ2v) is 5.00. The SMILES string of the molecule is Fc1ccc(CCNCCCCOc2ccccc2)cc1. The van der Waals surface area contributed by atoms with Gasteiger partial charge in [-0.3, -0.25) is 0 Å². The molecule has 0 aliphatic heterocycles. The number of unbranched alkanes of at least 4 members (excludes halogenated alkanes) is 1. The zero-order valence-corrected chi connectivity index (χ0v) is 12.2. The third-order valence-electron chi connectivity index (χ3n) is 3.26. The summed E-state index contributed by atoms with van der Waals surface area (Å²) in [7, 11) is 0. The molecule has 1 N–H and O–H groups in total. The maximum atomic E-state index is 12.7. The van der Waals surface area contributed by atoms with Gasteiger partial charge in [-0.25, -0.2) is 4.39 Å². The number of benzene rings is 2. The molecule has 0 radical (unpaired) electrons. The molecule has 0 saturated heterocycles. The van der Waals surface area contributed by atoms with Crippen molar-refractivity contribution in [3.63, 3.8) is 0 Å². The van der Waals surface area contributed by atoms with E-state index in [4.69, 9.17) is 4.74 Å². The van der Waals surface area contributed by atoms with Gasteiger partial charge in [0.15, 0.2) is 0 Å². The maximum absolute atomic E-state index is 12.7. The molecule has 0 atom stereocenters. The Balaban J connectivity index is 1.46. The van der Waals surface area contributed by atoms with E-state index < -0.39 is 0 Å². The zero-order valence-electron chi connectivity index (χ0n) is 12.2. The van der Waals surface area contributed by atoms with Crippen molar-refractivity contribution in [2.24, 2.45) is 0 Å². The molecule has 0 bridgehead atoms. The minimum Gasteiger partial charge on any atom is -0.494 e. The van der Waals surface area contributed by atoms with Gasteiger partial charge < -0.3 is 10.1 Å². The Bertz CT molecular complexity index is 498. The average molecular weight is 287 g/mol. The van der Waals surface area contributed by atoms with Crippen molar-refractivity contribution in [1.29, 1.82) is 0 Å². The molecule has 0 amide bonds. The number of hydrogen-bond donors (Lipinski definition) is 1. The number of ether oxygens (including phenoxy) is 1. The molecule has 0 aromatic heterocycles. The highest BCUT2D eigenvalue weighted by Gasteiger charge is 1.95. The molecule has 112 valence electrons. The van der Waals surface area contributed by atoms with Crippen molar-refractivity contribution in [1.82, 2.24) is 5.32 Å². The summed E-state index contributed by atoms with van der Waals surface area (Å²) in [4.78, 5) is 0. The molecular formula is C18H22FNO. The topological polar surface area (TPSA) is 21.3 Å². The van der Waals surface area contributed by atoms with Crippen LogP contribution in [0.5, 0.6) is 5.75 Å². The van der Waals surface area contributed by atoms with Crippen molar-refractivity contribution in [2.45, 2.75) is 19.3 Å². The van der Waals surface area contributed by atoms with E-state index in [0.717, 1.165) is 50.3 Å². The van der Waals surface area contributed by atoms with Crippen LogP contribution >= 0.6 is 0 Å². The first-order valence-corrected chi connectivity index (χ1v) is 7.47. The molecule has 0 aliphatic rings. The highest BCUT2D eigenvalue weighted by Crippen LogP contribution is 2.08. The normalized spacial score (nSPS) is 10.5. The van der Waals surface area contributed by atoms with E-state index in [-0.39, 0.29) is 5.82 Å². The minimum absolute atomic E-state index is 0.176. The van der Waals surface area contributed by atoms with Crippen molar-refractivity contribution in [3.8, 4) is 5.75 Å². The molecule has 0 fully saturated rings. The molecule has 0 aliphatic carbocycles. The van der Waals surface area contributed by atoms with Gasteiger partial charge in [0.05, 0.1) is 6.61 Å². The third kappa shape index (κ3) is 6.41. The number of nitrogens with one attached hydrogen (secondary N) is 1. The summed E-state index contributed by atoms with van der Waals surface area (Å²) in [6, 6.07) is 16.6. The summed E-state index contributed by atoms with van der Waals surface area (Å²) in [5.74, 6) is 0.756. The predicted octanol–water partition coefficient (Wildman–Crippen LogP) is 3.82. The van der Waals surface area contributed by atoms with Gasteiger partial charge in [0.25, 0.3) is 0 Å². The lowest BCUT2D eigenvalue weighted by Gasteiger charge is -2.07. The van der Waals surface area contributed by atoms with Crippen LogP contribution in [0.3, 0.4) is 0 Å². The third-order valence-corrected chi connectivity index (χ3v) is 3.26. The Labute approximate surface area is 126 Å². The summed E-state index contributed by atoms with van der Waals surface area (Å²) < 4.78 is 18.4. The molecule has 0 saturated carbocycles. The molecule has 3 heteroatoms. The first kappa shape index (κ1) is 15.5. The van der Waals surface area contributed by atoms with Crippen LogP contribution in [-0.2, 0) is 6.42 Å². The van der Waals surface area contributed by atoms with Crippen LogP contribution in [0.1, 0.15) is 18.4 Å². The first-order valence-electron chi connectivity index (χ1n) is 7.47. The number of rotatable bonds is 9. The molecule has 2 rings (SSSR count). The highest BCUT2D eigenvalue weighted by molar-refractivity contribution is 5.20. The van der Waals surface area contributed by atoms with E-state index in [1.165, 1.54) is 12.1 Å². The Morgan fingerprint density at radius 1 is 0.857 bits per heavy atom. The lowest BCUT2D eigenvalue weighted by atomic mass is 10.1. The fourth-order valence-corrected chi connectivity index (χ4v) is 2.07. The van der Waals surface area contributed by atoms with Gasteiger partial charge in [0.1, 0.15) is 11.6 Å². The fourth-order valence-electron chi connectivity index (χ4n) is 2.07. The van der Waals surface area contributed by atoms with Crippen LogP contribution in [0.4, 0.5) is 4.39 Å². The Kier molecular flexibility index (Phi) is 6.75. The van der Waals surface area contributed by atoms with Gasteiger partial charge in [0.2, 0.25) is 0 Å². The molecular weight excluding hydrogens is 265 g/mol. The van der Waals surface area contributed by atoms with Crippen LogP contribution in [0.15, 0.2) is 54.6 Å². The summed E-state index contributed by atoms with van der Waals surface area (Å²) in [5.41, 5.74) is 1.16. The smallest absolute Gasteiger partial charge is 0.123 e. The average Bonchev–Trinajstić information content (AvgIpc) is 2.53.